The van der Waals surface area contributed by atoms with E-state index in [2.05, 4.69) is 33.8 Å². The lowest BCUT2D eigenvalue weighted by atomic mass is 9.33. The zero-order valence-electron chi connectivity index (χ0n) is 47.6. The molecule has 80 heavy (non-hydrogen) atoms. The summed E-state index contributed by atoms with van der Waals surface area (Å²) in [5.74, 6) is -1.71. The molecule has 31 atom stereocenters. The molecule has 4 heterocycles. The molecule has 0 aromatic heterocycles. The van der Waals surface area contributed by atoms with Gasteiger partial charge in [-0.15, -0.1) is 0 Å². The minimum atomic E-state index is -2.01. The summed E-state index contributed by atoms with van der Waals surface area (Å²) in [7, 11) is 2.44. The number of aliphatic hydroxyl groups is 12. The number of fused-ring (bicyclic) bond motifs is 7. The maximum atomic E-state index is 13.8. The Hall–Kier alpha value is -2.12. The summed E-state index contributed by atoms with van der Waals surface area (Å²) in [4.78, 5) is 27.0. The smallest absolute Gasteiger partial charge is 0.337 e. The van der Waals surface area contributed by atoms with E-state index in [4.69, 9.17) is 47.4 Å². The number of hydrogen-bond acceptors (Lipinski definition) is 24. The minimum absolute atomic E-state index is 0.0739. The summed E-state index contributed by atoms with van der Waals surface area (Å²) in [6, 6.07) is 0. The van der Waals surface area contributed by atoms with Gasteiger partial charge in [0.25, 0.3) is 0 Å². The van der Waals surface area contributed by atoms with Crippen LogP contribution in [0.4, 0.5) is 0 Å². The predicted molar refractivity (Wildman–Crippen MR) is 273 cm³/mol. The highest BCUT2D eigenvalue weighted by Crippen LogP contribution is 2.76. The highest BCUT2D eigenvalue weighted by molar-refractivity contribution is 5.77. The fourth-order valence-electron chi connectivity index (χ4n) is 16.9. The lowest BCUT2D eigenvalue weighted by molar-refractivity contribution is -0.396. The number of esters is 2. The van der Waals surface area contributed by atoms with Gasteiger partial charge in [0.2, 0.25) is 0 Å². The molecular formula is C56H90O24. The molecule has 1 unspecified atom stereocenters. The van der Waals surface area contributed by atoms with Crippen molar-refractivity contribution in [2.45, 2.75) is 248 Å². The van der Waals surface area contributed by atoms with E-state index >= 15 is 0 Å². The third-order valence-electron chi connectivity index (χ3n) is 22.2. The van der Waals surface area contributed by atoms with Crippen molar-refractivity contribution < 1.29 is 118 Å². The summed E-state index contributed by atoms with van der Waals surface area (Å²) < 4.78 is 59.9. The topological polar surface area (TPSA) is 369 Å². The molecule has 0 radical (unpaired) electrons. The van der Waals surface area contributed by atoms with Gasteiger partial charge >= 0.3 is 11.9 Å². The van der Waals surface area contributed by atoms with Gasteiger partial charge in [-0.3, -0.25) is 4.79 Å². The molecule has 5 aliphatic carbocycles. The van der Waals surface area contributed by atoms with E-state index in [0.29, 0.717) is 38.5 Å². The van der Waals surface area contributed by atoms with E-state index in [0.717, 1.165) is 20.0 Å². The average molecular weight is 1150 g/mol. The molecule has 24 nitrogen and oxygen atoms in total. The molecular weight excluding hydrogens is 1060 g/mol. The van der Waals surface area contributed by atoms with Crippen LogP contribution in [0.5, 0.6) is 0 Å². The molecule has 4 aliphatic heterocycles. The molecule has 8 fully saturated rings. The van der Waals surface area contributed by atoms with Crippen molar-refractivity contribution in [2.75, 3.05) is 27.4 Å². The zero-order chi connectivity index (χ0) is 58.7. The van der Waals surface area contributed by atoms with Gasteiger partial charge in [-0.05, 0) is 113 Å². The SMILES string of the molecule is COC(=O)[C@H]1O[C@@H](O[C@H]2CC[C@@]3(C)C(CC[C@]4(C)[C@@H]3CC=C3[C@@H]5C[C@](C)(C(=O)OC)C[C@@H](O[C@@H]6O[C@@H](C)[C@H](O)[C@@H](O)[C@H]6O)[C@]5(C)CC[C@]34C)[C@@]2(C)CO)[C@H](O[C@@H]2O[C@H](CO)[C@H](O)[C@H](O)[C@H]2O[C@@H]2O[C@@H](C)[C@H](O)[C@@H](O)[C@H]2O)[C@@H](O)[C@@H]1O. The maximum Gasteiger partial charge on any atom is 0.337 e. The van der Waals surface area contributed by atoms with E-state index in [-0.39, 0.29) is 47.6 Å². The number of carbonyl (C=O) groups is 2. The second kappa shape index (κ2) is 22.6. The first-order valence-electron chi connectivity index (χ1n) is 28.6. The van der Waals surface area contributed by atoms with Crippen LogP contribution in [-0.2, 0) is 57.0 Å². The van der Waals surface area contributed by atoms with Gasteiger partial charge in [-0.2, -0.15) is 0 Å². The fourth-order valence-corrected chi connectivity index (χ4v) is 16.9. The summed E-state index contributed by atoms with van der Waals surface area (Å²) in [5, 5.41) is 132. The van der Waals surface area contributed by atoms with Crippen molar-refractivity contribution in [3.05, 3.63) is 11.6 Å². The monoisotopic (exact) mass is 1150 g/mol. The molecule has 4 saturated carbocycles. The number of ether oxygens (including phenoxy) is 10. The van der Waals surface area contributed by atoms with Crippen LogP contribution in [0, 0.1) is 50.2 Å². The molecule has 0 aromatic carbocycles. The standard InChI is InChI=1S/C56H90O24/c1-23-32(59)35(62)40(67)46(73-23)77-31-20-51(3,50(70)72-10)19-26-25-11-12-29-53(5)15-14-30(54(6,22-58)28(53)13-16-56(29,8)55(25,7)18-17-52(26,31)4)76-49-44(39(66)38(65)42(78-49)45(69)71-9)80-48-43(37(64)34(61)27(21-57)75-48)79-47-41(68)36(63)33(60)24(2)74-47/h11,23-24,26-44,46-49,57-68H,12-22H2,1-10H3/t23-,24-,26-,27+,28?,29+,30-,31+,32-,33-,34-,35+,36+,37-,38-,39-,40+,41+,42-,43+,44+,46-,47-,48-,49+,51-,52+,53-,54+,55+,56+/m0/s1. The van der Waals surface area contributed by atoms with Gasteiger partial charge in [-0.1, -0.05) is 46.3 Å². The van der Waals surface area contributed by atoms with Crippen molar-refractivity contribution in [1.29, 1.82) is 0 Å². The Morgan fingerprint density at radius 2 is 1.12 bits per heavy atom. The normalized spacial score (nSPS) is 55.1. The summed E-state index contributed by atoms with van der Waals surface area (Å²) in [6.07, 6.45) is -26.6. The van der Waals surface area contributed by atoms with Crippen LogP contribution in [0.25, 0.3) is 0 Å². The Labute approximate surface area is 466 Å². The van der Waals surface area contributed by atoms with Gasteiger partial charge in [0, 0.05) is 10.8 Å². The van der Waals surface area contributed by atoms with Crippen molar-refractivity contribution in [2.24, 2.45) is 50.2 Å². The second-order valence-electron chi connectivity index (χ2n) is 26.5. The van der Waals surface area contributed by atoms with Crippen molar-refractivity contribution in [3.8, 4) is 0 Å². The van der Waals surface area contributed by atoms with E-state index in [1.807, 2.05) is 13.8 Å². The Kier molecular flexibility index (Phi) is 17.6. The number of hydrogen-bond donors (Lipinski definition) is 12. The molecule has 0 spiro atoms. The Morgan fingerprint density at radius 1 is 0.562 bits per heavy atom. The maximum absolute atomic E-state index is 13.8. The van der Waals surface area contributed by atoms with Crippen LogP contribution in [-0.4, -0.2) is 236 Å². The molecule has 0 bridgehead atoms. The first-order valence-corrected chi connectivity index (χ1v) is 28.6. The highest BCUT2D eigenvalue weighted by atomic mass is 16.8. The Bertz CT molecular complexity index is 2260. The van der Waals surface area contributed by atoms with Gasteiger partial charge in [0.15, 0.2) is 31.3 Å². The summed E-state index contributed by atoms with van der Waals surface area (Å²) in [5.41, 5.74) is -2.41. The first-order chi connectivity index (χ1) is 37.4. The van der Waals surface area contributed by atoms with E-state index in [9.17, 15) is 70.9 Å². The van der Waals surface area contributed by atoms with Crippen molar-refractivity contribution in [1.82, 2.24) is 0 Å². The third kappa shape index (κ3) is 9.85. The Morgan fingerprint density at radius 3 is 1.70 bits per heavy atom. The second-order valence-corrected chi connectivity index (χ2v) is 26.5. The van der Waals surface area contributed by atoms with E-state index < -0.39 is 169 Å². The minimum Gasteiger partial charge on any atom is -0.469 e. The third-order valence-corrected chi connectivity index (χ3v) is 22.2. The fraction of sp³-hybridized carbons (Fsp3) is 0.929. The molecule has 0 amide bonds. The molecule has 9 aliphatic rings. The van der Waals surface area contributed by atoms with Crippen LogP contribution in [0.1, 0.15) is 113 Å². The quantitative estimate of drug-likeness (QED) is 0.0620. The highest BCUT2D eigenvalue weighted by Gasteiger charge is 2.71. The number of carbonyl (C=O) groups excluding carboxylic acids is 2. The van der Waals surface area contributed by atoms with Gasteiger partial charge in [0.05, 0.1) is 57.3 Å². The number of allylic oxidation sites excluding steroid dienone is 2. The zero-order valence-corrected chi connectivity index (χ0v) is 47.6. The van der Waals surface area contributed by atoms with Crippen LogP contribution in [0.3, 0.4) is 0 Å². The van der Waals surface area contributed by atoms with Crippen LogP contribution >= 0.6 is 0 Å². The lowest BCUT2D eigenvalue weighted by Crippen LogP contribution is -2.68. The van der Waals surface area contributed by atoms with Gasteiger partial charge in [-0.25, -0.2) is 4.79 Å². The van der Waals surface area contributed by atoms with Gasteiger partial charge in [0.1, 0.15) is 79.4 Å². The Balaban J connectivity index is 1.00. The van der Waals surface area contributed by atoms with Crippen molar-refractivity contribution in [3.63, 3.8) is 0 Å². The molecule has 12 N–H and O–H groups in total. The van der Waals surface area contributed by atoms with Crippen LogP contribution in [0.2, 0.25) is 0 Å². The molecule has 9 rings (SSSR count). The first kappa shape index (κ1) is 62.4. The van der Waals surface area contributed by atoms with Gasteiger partial charge < -0.3 is 109 Å². The number of aliphatic hydroxyl groups excluding tert-OH is 12. The van der Waals surface area contributed by atoms with E-state index in [1.54, 1.807) is 6.92 Å². The summed E-state index contributed by atoms with van der Waals surface area (Å²) in [6.45, 7) is 14.8. The van der Waals surface area contributed by atoms with E-state index in [1.165, 1.54) is 19.6 Å². The average Bonchev–Trinajstić information content (AvgIpc) is 3.17. The molecule has 458 valence electrons. The number of methoxy groups -OCH3 is 2. The lowest BCUT2D eigenvalue weighted by Gasteiger charge is -2.72. The molecule has 24 heteroatoms. The molecule has 0 aromatic rings. The predicted octanol–water partition coefficient (Wildman–Crippen LogP) is -1.20. The summed E-state index contributed by atoms with van der Waals surface area (Å²) >= 11 is 0. The largest absolute Gasteiger partial charge is 0.469 e. The van der Waals surface area contributed by atoms with Crippen molar-refractivity contribution >= 4 is 11.9 Å². The number of rotatable bonds is 12. The van der Waals surface area contributed by atoms with Crippen LogP contribution < -0.4 is 0 Å². The molecule has 4 saturated heterocycles. The van der Waals surface area contributed by atoms with Crippen LogP contribution in [0.15, 0.2) is 11.6 Å².